The van der Waals surface area contributed by atoms with Gasteiger partial charge < -0.3 is 14.7 Å². The van der Waals surface area contributed by atoms with Gasteiger partial charge in [-0.05, 0) is 18.1 Å². The summed E-state index contributed by atoms with van der Waals surface area (Å²) in [6.07, 6.45) is -2.19. The van der Waals surface area contributed by atoms with Gasteiger partial charge in [0, 0.05) is 48.9 Å². The summed E-state index contributed by atoms with van der Waals surface area (Å²) in [5, 5.41) is 14.5. The molecule has 0 unspecified atom stereocenters. The maximum atomic E-state index is 15.1. The SMILES string of the molecule is CS(=O)(=O)N1CCN(c2cc3c(cn2)c(-c2cc(C(F)(F)F)c(F)c(O)c2F)nn3C2COC2)[C@H](Cc2ccccc2)C1. The van der Waals surface area contributed by atoms with Crippen LogP contribution in [-0.4, -0.2) is 77.7 Å². The van der Waals surface area contributed by atoms with Gasteiger partial charge in [0.2, 0.25) is 10.0 Å². The standard InChI is InChI=1S/C28H26F5N5O4S/c1-43(40,41)36-7-8-37(17(13-36)9-16-5-3-2-4-6-16)23-11-22-20(12-34-23)26(35-38(22)18-14-42-15-18)19-10-21(28(31,32)33)25(30)27(39)24(19)29/h2-6,10-12,17-18,39H,7-9,13-15H2,1H3/t17-/m1/s1. The van der Waals surface area contributed by atoms with Crippen LogP contribution in [-0.2, 0) is 27.4 Å². The number of piperazine rings is 1. The van der Waals surface area contributed by atoms with Gasteiger partial charge in [-0.1, -0.05) is 30.3 Å². The van der Waals surface area contributed by atoms with E-state index in [1.807, 2.05) is 35.2 Å². The van der Waals surface area contributed by atoms with Crippen LogP contribution < -0.4 is 4.90 Å². The molecule has 1 N–H and O–H groups in total. The van der Waals surface area contributed by atoms with E-state index in [1.54, 1.807) is 6.07 Å². The number of alkyl halides is 3. The van der Waals surface area contributed by atoms with Crippen molar-refractivity contribution in [2.45, 2.75) is 24.7 Å². The minimum atomic E-state index is -5.20. The van der Waals surface area contributed by atoms with Gasteiger partial charge >= 0.3 is 6.18 Å². The Labute approximate surface area is 243 Å². The number of fused-ring (bicyclic) bond motifs is 1. The molecule has 15 heteroatoms. The quantitative estimate of drug-likeness (QED) is 0.319. The van der Waals surface area contributed by atoms with Gasteiger partial charge in [-0.3, -0.25) is 4.68 Å². The minimum absolute atomic E-state index is 0.183. The van der Waals surface area contributed by atoms with Crippen molar-refractivity contribution >= 4 is 26.7 Å². The Morgan fingerprint density at radius 1 is 1.07 bits per heavy atom. The highest BCUT2D eigenvalue weighted by atomic mass is 32.2. The van der Waals surface area contributed by atoms with Crippen molar-refractivity contribution in [1.29, 1.82) is 0 Å². The van der Waals surface area contributed by atoms with E-state index < -0.39 is 44.7 Å². The van der Waals surface area contributed by atoms with Gasteiger partial charge in [-0.15, -0.1) is 0 Å². The third-order valence-electron chi connectivity index (χ3n) is 7.80. The first-order valence-corrected chi connectivity index (χ1v) is 15.2. The molecule has 2 aromatic heterocycles. The van der Waals surface area contributed by atoms with Crippen LogP contribution in [0.4, 0.5) is 27.8 Å². The predicted octanol–water partition coefficient (Wildman–Crippen LogP) is 4.37. The van der Waals surface area contributed by atoms with Crippen LogP contribution in [0.1, 0.15) is 17.2 Å². The summed E-state index contributed by atoms with van der Waals surface area (Å²) in [7, 11) is -3.46. The molecule has 2 aromatic carbocycles. The molecule has 2 saturated heterocycles. The van der Waals surface area contributed by atoms with E-state index in [9.17, 15) is 31.1 Å². The third-order valence-corrected chi connectivity index (χ3v) is 9.07. The van der Waals surface area contributed by atoms with Gasteiger partial charge in [0.15, 0.2) is 17.4 Å². The average molecular weight is 624 g/mol. The molecule has 9 nitrogen and oxygen atoms in total. The summed E-state index contributed by atoms with van der Waals surface area (Å²) in [5.74, 6) is -4.97. The number of pyridine rings is 1. The summed E-state index contributed by atoms with van der Waals surface area (Å²) < 4.78 is 103. The van der Waals surface area contributed by atoms with Crippen molar-refractivity contribution in [1.82, 2.24) is 19.1 Å². The molecule has 6 rings (SSSR count). The molecule has 0 bridgehead atoms. The highest BCUT2D eigenvalue weighted by molar-refractivity contribution is 7.88. The number of ether oxygens (including phenoxy) is 1. The molecule has 4 heterocycles. The number of phenolic OH excluding ortho intramolecular Hbond substituents is 1. The maximum absolute atomic E-state index is 15.1. The lowest BCUT2D eigenvalue weighted by molar-refractivity contribution is -0.140. The normalized spacial score (nSPS) is 18.7. The number of anilines is 1. The summed E-state index contributed by atoms with van der Waals surface area (Å²) in [6, 6.07) is 10.9. The number of hydrogen-bond acceptors (Lipinski definition) is 7. The Kier molecular flexibility index (Phi) is 7.29. The lowest BCUT2D eigenvalue weighted by Crippen LogP contribution is -2.55. The van der Waals surface area contributed by atoms with Crippen molar-refractivity contribution in [3.63, 3.8) is 0 Å². The monoisotopic (exact) mass is 623 g/mol. The van der Waals surface area contributed by atoms with Gasteiger partial charge in [0.25, 0.3) is 0 Å². The summed E-state index contributed by atoms with van der Waals surface area (Å²) in [4.78, 5) is 6.51. The van der Waals surface area contributed by atoms with E-state index in [0.29, 0.717) is 30.4 Å². The van der Waals surface area contributed by atoms with Crippen molar-refractivity contribution in [3.8, 4) is 17.0 Å². The van der Waals surface area contributed by atoms with Crippen molar-refractivity contribution < 1.29 is 40.2 Å². The van der Waals surface area contributed by atoms with E-state index in [2.05, 4.69) is 10.1 Å². The highest BCUT2D eigenvalue weighted by Gasteiger charge is 2.39. The molecule has 0 saturated carbocycles. The van der Waals surface area contributed by atoms with Crippen molar-refractivity contribution in [3.05, 3.63) is 71.4 Å². The lowest BCUT2D eigenvalue weighted by atomic mass is 10.0. The number of phenols is 1. The van der Waals surface area contributed by atoms with Crippen molar-refractivity contribution in [2.24, 2.45) is 0 Å². The van der Waals surface area contributed by atoms with Crippen LogP contribution in [0.5, 0.6) is 5.75 Å². The molecule has 228 valence electrons. The number of benzene rings is 2. The molecular formula is C28H26F5N5O4S. The number of halogens is 5. The van der Waals surface area contributed by atoms with Gasteiger partial charge in [0.1, 0.15) is 11.5 Å². The minimum Gasteiger partial charge on any atom is -0.503 e. The zero-order valence-corrected chi connectivity index (χ0v) is 23.5. The first kappa shape index (κ1) is 29.3. The molecule has 0 radical (unpaired) electrons. The van der Waals surface area contributed by atoms with Crippen LogP contribution in [0.15, 0.2) is 48.7 Å². The Bertz CT molecular complexity index is 1800. The Morgan fingerprint density at radius 3 is 2.42 bits per heavy atom. The predicted molar refractivity (Wildman–Crippen MR) is 147 cm³/mol. The van der Waals surface area contributed by atoms with Crippen LogP contribution in [0, 0.1) is 11.6 Å². The lowest BCUT2D eigenvalue weighted by Gasteiger charge is -2.41. The Hall–Kier alpha value is -3.82. The summed E-state index contributed by atoms with van der Waals surface area (Å²) in [5.41, 5.74) is -1.40. The molecule has 4 aromatic rings. The smallest absolute Gasteiger partial charge is 0.419 e. The number of sulfonamides is 1. The zero-order valence-electron chi connectivity index (χ0n) is 22.7. The fourth-order valence-electron chi connectivity index (χ4n) is 5.51. The Balaban J connectivity index is 1.46. The van der Waals surface area contributed by atoms with E-state index in [-0.39, 0.29) is 49.5 Å². The summed E-state index contributed by atoms with van der Waals surface area (Å²) in [6.45, 7) is 1.23. The van der Waals surface area contributed by atoms with E-state index in [4.69, 9.17) is 4.74 Å². The van der Waals surface area contributed by atoms with E-state index in [0.717, 1.165) is 11.8 Å². The van der Waals surface area contributed by atoms with Crippen LogP contribution in [0.3, 0.4) is 0 Å². The second kappa shape index (κ2) is 10.7. The molecule has 0 aliphatic carbocycles. The van der Waals surface area contributed by atoms with Gasteiger partial charge in [0.05, 0.1) is 36.6 Å². The third kappa shape index (κ3) is 5.40. The van der Waals surface area contributed by atoms with Gasteiger partial charge in [-0.2, -0.15) is 22.6 Å². The van der Waals surface area contributed by atoms with Crippen LogP contribution >= 0.6 is 0 Å². The highest BCUT2D eigenvalue weighted by Crippen LogP contribution is 2.42. The molecule has 0 amide bonds. The number of rotatable bonds is 6. The molecule has 2 fully saturated rings. The molecule has 0 spiro atoms. The molecule has 43 heavy (non-hydrogen) atoms. The first-order valence-electron chi connectivity index (χ1n) is 13.3. The second-order valence-electron chi connectivity index (χ2n) is 10.6. The fraction of sp³-hybridized carbons (Fsp3) is 0.357. The van der Waals surface area contributed by atoms with Gasteiger partial charge in [-0.25, -0.2) is 22.2 Å². The van der Waals surface area contributed by atoms with Crippen molar-refractivity contribution in [2.75, 3.05) is 44.0 Å². The molecular weight excluding hydrogens is 597 g/mol. The van der Waals surface area contributed by atoms with Crippen LogP contribution in [0.2, 0.25) is 0 Å². The average Bonchev–Trinajstić information content (AvgIpc) is 3.28. The molecule has 2 aliphatic rings. The zero-order chi connectivity index (χ0) is 30.7. The fourth-order valence-corrected chi connectivity index (χ4v) is 6.37. The second-order valence-corrected chi connectivity index (χ2v) is 12.6. The first-order chi connectivity index (χ1) is 20.3. The largest absolute Gasteiger partial charge is 0.503 e. The number of nitrogens with zero attached hydrogens (tertiary/aromatic N) is 5. The number of aromatic hydroxyl groups is 1. The molecule has 1 atom stereocenters. The van der Waals surface area contributed by atoms with E-state index in [1.165, 1.54) is 15.2 Å². The number of aromatic nitrogens is 3. The number of hydrogen-bond donors (Lipinski definition) is 1. The van der Waals surface area contributed by atoms with Crippen LogP contribution in [0.25, 0.3) is 22.2 Å². The summed E-state index contributed by atoms with van der Waals surface area (Å²) >= 11 is 0. The maximum Gasteiger partial charge on any atom is 0.419 e. The topological polar surface area (TPSA) is 101 Å². The Morgan fingerprint density at radius 2 is 1.79 bits per heavy atom. The van der Waals surface area contributed by atoms with E-state index >= 15 is 4.39 Å². The molecule has 2 aliphatic heterocycles.